The van der Waals surface area contributed by atoms with E-state index < -0.39 is 27.6 Å². The lowest BCUT2D eigenvalue weighted by Crippen LogP contribution is -2.43. The number of halogens is 1. The minimum absolute atomic E-state index is 0. The lowest BCUT2D eigenvalue weighted by molar-refractivity contribution is -0.162. The Hall–Kier alpha value is -0.980. The number of esters is 1. The molecule has 0 saturated carbocycles. The summed E-state index contributed by atoms with van der Waals surface area (Å²) in [6.07, 6.45) is -1.32. The molecule has 12 heteroatoms. The van der Waals surface area contributed by atoms with Crippen LogP contribution in [0.4, 0.5) is 0 Å². The fourth-order valence-electron chi connectivity index (χ4n) is 2.39. The highest BCUT2D eigenvalue weighted by Gasteiger charge is 2.36. The van der Waals surface area contributed by atoms with Crippen LogP contribution in [0.5, 0.6) is 0 Å². The van der Waals surface area contributed by atoms with Crippen molar-refractivity contribution >= 4 is 34.4 Å². The van der Waals surface area contributed by atoms with Crippen molar-refractivity contribution in [3.05, 3.63) is 0 Å². The first kappa shape index (κ1) is 28.0. The number of ether oxygens (including phenoxy) is 2. The first-order valence-corrected chi connectivity index (χ1v) is 10.9. The summed E-state index contributed by atoms with van der Waals surface area (Å²) in [5, 5.41) is 12.7. The number of nitrogens with one attached hydrogen (secondary N) is 1. The van der Waals surface area contributed by atoms with E-state index in [9.17, 15) is 23.1 Å². The molecule has 0 radical (unpaired) electrons. The summed E-state index contributed by atoms with van der Waals surface area (Å²) in [4.78, 5) is 24.9. The van der Waals surface area contributed by atoms with Gasteiger partial charge in [0.2, 0.25) is 5.91 Å². The van der Waals surface area contributed by atoms with Crippen LogP contribution in [0.2, 0.25) is 0 Å². The van der Waals surface area contributed by atoms with Gasteiger partial charge in [-0.2, -0.15) is 8.42 Å². The van der Waals surface area contributed by atoms with Crippen LogP contribution in [0.15, 0.2) is 0 Å². The number of morpholine rings is 1. The van der Waals surface area contributed by atoms with E-state index in [1.165, 1.54) is 20.8 Å². The highest BCUT2D eigenvalue weighted by atomic mass is 35.5. The molecule has 10 nitrogen and oxygen atoms in total. The van der Waals surface area contributed by atoms with Crippen LogP contribution in [0, 0.1) is 5.41 Å². The Morgan fingerprint density at radius 2 is 1.90 bits per heavy atom. The van der Waals surface area contributed by atoms with E-state index in [0.717, 1.165) is 13.1 Å². The number of hydrogen-bond acceptors (Lipinski definition) is 9. The Kier molecular flexibility index (Phi) is 12.9. The summed E-state index contributed by atoms with van der Waals surface area (Å²) in [6.45, 7) is 7.72. The van der Waals surface area contributed by atoms with Crippen molar-refractivity contribution in [3.8, 4) is 0 Å². The topological polar surface area (TPSA) is 131 Å². The Labute approximate surface area is 178 Å². The van der Waals surface area contributed by atoms with Gasteiger partial charge in [-0.15, -0.1) is 12.4 Å². The van der Waals surface area contributed by atoms with Gasteiger partial charge < -0.3 is 19.9 Å². The first-order chi connectivity index (χ1) is 13.0. The molecule has 1 aliphatic heterocycles. The average molecular weight is 461 g/mol. The molecule has 0 spiro atoms. The smallest absolute Gasteiger partial charge is 0.335 e. The molecule has 0 bridgehead atoms. The van der Waals surface area contributed by atoms with Gasteiger partial charge in [-0.05, 0) is 6.42 Å². The van der Waals surface area contributed by atoms with Gasteiger partial charge in [-0.1, -0.05) is 13.8 Å². The molecule has 172 valence electrons. The fraction of sp³-hybridized carbons (Fsp3) is 0.882. The number of aliphatic hydroxyl groups is 1. The molecule has 1 rings (SSSR count). The Morgan fingerprint density at radius 1 is 1.28 bits per heavy atom. The maximum absolute atomic E-state index is 12.1. The number of carbonyl (C=O) groups is 2. The van der Waals surface area contributed by atoms with Crippen LogP contribution >= 0.6 is 12.4 Å². The van der Waals surface area contributed by atoms with Gasteiger partial charge in [-0.3, -0.25) is 13.9 Å². The van der Waals surface area contributed by atoms with Gasteiger partial charge in [0, 0.05) is 38.5 Å². The molecule has 2 N–H and O–H groups in total. The number of carbonyl (C=O) groups excluding carboxylic acids is 2. The van der Waals surface area contributed by atoms with E-state index in [1.807, 2.05) is 0 Å². The molecule has 1 amide bonds. The third kappa shape index (κ3) is 11.7. The fourth-order valence-corrected chi connectivity index (χ4v) is 3.49. The monoisotopic (exact) mass is 460 g/mol. The van der Waals surface area contributed by atoms with Gasteiger partial charge in [0.1, 0.15) is 6.61 Å². The third-order valence-corrected chi connectivity index (χ3v) is 5.54. The van der Waals surface area contributed by atoms with E-state index >= 15 is 0 Å². The highest BCUT2D eigenvalue weighted by molar-refractivity contribution is 7.86. The van der Waals surface area contributed by atoms with Crippen molar-refractivity contribution in [1.29, 1.82) is 0 Å². The zero-order valence-electron chi connectivity index (χ0n) is 17.2. The van der Waals surface area contributed by atoms with E-state index in [4.69, 9.17) is 13.7 Å². The van der Waals surface area contributed by atoms with Crippen molar-refractivity contribution in [3.63, 3.8) is 0 Å². The van der Waals surface area contributed by atoms with E-state index in [-0.39, 0.29) is 50.2 Å². The second-order valence-corrected chi connectivity index (χ2v) is 9.13. The molecule has 0 aliphatic carbocycles. The number of amides is 1. The number of hydrogen-bond donors (Lipinski definition) is 2. The maximum Gasteiger partial charge on any atom is 0.335 e. The molecule has 1 saturated heterocycles. The zero-order valence-corrected chi connectivity index (χ0v) is 18.9. The van der Waals surface area contributed by atoms with Crippen LogP contribution in [-0.2, 0) is 33.4 Å². The lowest BCUT2D eigenvalue weighted by atomic mass is 9.88. The summed E-state index contributed by atoms with van der Waals surface area (Å²) in [6, 6.07) is 0. The molecule has 0 aromatic carbocycles. The van der Waals surface area contributed by atoms with Crippen LogP contribution in [0.25, 0.3) is 0 Å². The number of aliphatic hydroxyl groups excluding tert-OH is 1. The molecule has 1 atom stereocenters. The summed E-state index contributed by atoms with van der Waals surface area (Å²) < 4.78 is 39.1. The van der Waals surface area contributed by atoms with Crippen molar-refractivity contribution in [2.75, 3.05) is 58.4 Å². The Morgan fingerprint density at radius 3 is 2.48 bits per heavy atom. The summed E-state index contributed by atoms with van der Waals surface area (Å²) in [5.41, 5.74) is -1.15. The number of rotatable bonds is 12. The van der Waals surface area contributed by atoms with Crippen LogP contribution in [0.3, 0.4) is 0 Å². The van der Waals surface area contributed by atoms with Crippen molar-refractivity contribution < 1.29 is 36.8 Å². The standard InChI is InChI=1S/C17H32N2O8S.ClH/c1-14(20)18-5-4-12-28(23,24)27-13-17(2,3)15(21)16(22)26-11-8-19-6-9-25-10-7-19;/h15,21H,4-13H2,1-3H3,(H,18,20);1H. The molecule has 1 unspecified atom stereocenters. The Balaban J connectivity index is 0.00000784. The van der Waals surface area contributed by atoms with E-state index in [2.05, 4.69) is 10.2 Å². The molecular formula is C17H33ClN2O8S. The van der Waals surface area contributed by atoms with Crippen LogP contribution in [0.1, 0.15) is 27.2 Å². The number of nitrogens with zero attached hydrogens (tertiary/aromatic N) is 1. The molecule has 0 aromatic heterocycles. The van der Waals surface area contributed by atoms with Crippen molar-refractivity contribution in [2.24, 2.45) is 5.41 Å². The normalized spacial score (nSPS) is 16.6. The second-order valence-electron chi connectivity index (χ2n) is 7.37. The maximum atomic E-state index is 12.1. The zero-order chi connectivity index (χ0) is 21.2. The molecule has 1 aliphatic rings. The summed E-state index contributed by atoms with van der Waals surface area (Å²) in [5.74, 6) is -1.33. The summed E-state index contributed by atoms with van der Waals surface area (Å²) >= 11 is 0. The van der Waals surface area contributed by atoms with Gasteiger partial charge in [0.05, 0.1) is 25.6 Å². The highest BCUT2D eigenvalue weighted by Crippen LogP contribution is 2.23. The predicted octanol–water partition coefficient (Wildman–Crippen LogP) is -0.457. The summed E-state index contributed by atoms with van der Waals surface area (Å²) in [7, 11) is -3.84. The largest absolute Gasteiger partial charge is 0.462 e. The SMILES string of the molecule is CC(=O)NCCCS(=O)(=O)OCC(C)(C)C(O)C(=O)OCCN1CCOCC1.Cl. The Bertz CT molecular complexity index is 609. The van der Waals surface area contributed by atoms with Gasteiger partial charge in [0.25, 0.3) is 10.1 Å². The van der Waals surface area contributed by atoms with E-state index in [1.54, 1.807) is 0 Å². The molecule has 0 aromatic rings. The van der Waals surface area contributed by atoms with Gasteiger partial charge in [0.15, 0.2) is 6.10 Å². The molecule has 29 heavy (non-hydrogen) atoms. The van der Waals surface area contributed by atoms with Crippen molar-refractivity contribution in [1.82, 2.24) is 10.2 Å². The first-order valence-electron chi connectivity index (χ1n) is 9.30. The predicted molar refractivity (Wildman–Crippen MR) is 108 cm³/mol. The van der Waals surface area contributed by atoms with E-state index in [0.29, 0.717) is 19.8 Å². The van der Waals surface area contributed by atoms with Crippen LogP contribution < -0.4 is 5.32 Å². The average Bonchev–Trinajstić information content (AvgIpc) is 2.64. The second kappa shape index (κ2) is 13.3. The van der Waals surface area contributed by atoms with Gasteiger partial charge in [-0.25, -0.2) is 4.79 Å². The molecule has 1 fully saturated rings. The minimum atomic E-state index is -3.84. The quantitative estimate of drug-likeness (QED) is 0.225. The minimum Gasteiger partial charge on any atom is -0.462 e. The van der Waals surface area contributed by atoms with Crippen molar-refractivity contribution in [2.45, 2.75) is 33.3 Å². The third-order valence-electron chi connectivity index (χ3n) is 4.27. The molecular weight excluding hydrogens is 428 g/mol. The van der Waals surface area contributed by atoms with Crippen LogP contribution in [-0.4, -0.2) is 94.8 Å². The lowest BCUT2D eigenvalue weighted by Gasteiger charge is -2.29. The van der Waals surface area contributed by atoms with Gasteiger partial charge >= 0.3 is 5.97 Å². The molecule has 1 heterocycles.